The van der Waals surface area contributed by atoms with Crippen LogP contribution in [0.15, 0.2) is 24.3 Å². The highest BCUT2D eigenvalue weighted by atomic mass is 19.1. The van der Waals surface area contributed by atoms with Crippen molar-refractivity contribution >= 4 is 0 Å². The van der Waals surface area contributed by atoms with E-state index < -0.39 is 0 Å². The van der Waals surface area contributed by atoms with Crippen LogP contribution in [0.25, 0.3) is 0 Å². The zero-order chi connectivity index (χ0) is 10.2. The number of rotatable bonds is 3. The molecule has 1 N–H and O–H groups in total. The van der Waals surface area contributed by atoms with Crippen molar-refractivity contribution in [1.29, 1.82) is 0 Å². The minimum atomic E-state index is -0.256. The monoisotopic (exact) mass is 194 g/mol. The van der Waals surface area contributed by atoms with Crippen molar-refractivity contribution in [1.82, 2.24) is 0 Å². The molecule has 0 aliphatic carbocycles. The summed E-state index contributed by atoms with van der Waals surface area (Å²) in [6.07, 6.45) is 0. The summed E-state index contributed by atoms with van der Waals surface area (Å²) in [5.74, 6) is 4.83. The number of hydrogen-bond donors (Lipinski definition) is 1. The van der Waals surface area contributed by atoms with E-state index in [1.165, 1.54) is 12.1 Å². The van der Waals surface area contributed by atoms with Gasteiger partial charge in [0.05, 0.1) is 6.61 Å². The lowest BCUT2D eigenvalue weighted by Gasteiger charge is -1.99. The van der Waals surface area contributed by atoms with Gasteiger partial charge in [0.2, 0.25) is 0 Å². The molecular weight excluding hydrogens is 183 g/mol. The number of aliphatic hydroxyl groups is 1. The van der Waals surface area contributed by atoms with E-state index in [0.717, 1.165) is 5.56 Å². The molecule has 1 rings (SSSR count). The fraction of sp³-hybridized carbons (Fsp3) is 0.273. The third-order valence-corrected chi connectivity index (χ3v) is 1.56. The van der Waals surface area contributed by atoms with Crippen LogP contribution in [0.2, 0.25) is 0 Å². The Bertz CT molecular complexity index is 321. The van der Waals surface area contributed by atoms with Crippen LogP contribution in [0.4, 0.5) is 4.39 Å². The van der Waals surface area contributed by atoms with Crippen LogP contribution in [0.5, 0.6) is 0 Å². The molecule has 2 nitrogen and oxygen atoms in total. The molecule has 3 heteroatoms. The van der Waals surface area contributed by atoms with E-state index in [-0.39, 0.29) is 19.0 Å². The molecule has 1 aromatic rings. The molecule has 0 fully saturated rings. The van der Waals surface area contributed by atoms with Crippen molar-refractivity contribution in [2.75, 3.05) is 13.2 Å². The average Bonchev–Trinajstić information content (AvgIpc) is 2.21. The molecule has 0 aromatic heterocycles. The first-order chi connectivity index (χ1) is 6.83. The van der Waals surface area contributed by atoms with Crippen molar-refractivity contribution in [3.05, 3.63) is 35.6 Å². The highest BCUT2D eigenvalue weighted by molar-refractivity contribution is 5.15. The Hall–Kier alpha value is -1.37. The molecule has 0 atom stereocenters. The number of ether oxygens (including phenoxy) is 1. The van der Waals surface area contributed by atoms with E-state index in [1.54, 1.807) is 12.1 Å². The van der Waals surface area contributed by atoms with Crippen molar-refractivity contribution < 1.29 is 14.2 Å². The fourth-order valence-corrected chi connectivity index (χ4v) is 0.907. The van der Waals surface area contributed by atoms with E-state index in [0.29, 0.717) is 6.61 Å². The maximum Gasteiger partial charge on any atom is 0.123 e. The first-order valence-corrected chi connectivity index (χ1v) is 4.21. The summed E-state index contributed by atoms with van der Waals surface area (Å²) in [6.45, 7) is 0.526. The smallest absolute Gasteiger partial charge is 0.123 e. The summed E-state index contributed by atoms with van der Waals surface area (Å²) < 4.78 is 17.6. The summed E-state index contributed by atoms with van der Waals surface area (Å²) in [6, 6.07) is 6.10. The van der Waals surface area contributed by atoms with Crippen LogP contribution in [0.1, 0.15) is 5.56 Å². The van der Waals surface area contributed by atoms with Crippen LogP contribution in [-0.2, 0) is 11.3 Å². The van der Waals surface area contributed by atoms with Gasteiger partial charge in [-0.15, -0.1) is 0 Å². The molecule has 0 unspecified atom stereocenters. The van der Waals surface area contributed by atoms with Gasteiger partial charge in [-0.05, 0) is 17.7 Å². The van der Waals surface area contributed by atoms with Gasteiger partial charge >= 0.3 is 0 Å². The highest BCUT2D eigenvalue weighted by Gasteiger charge is 1.92. The van der Waals surface area contributed by atoms with Gasteiger partial charge in [-0.3, -0.25) is 0 Å². The molecule has 0 spiro atoms. The Balaban J connectivity index is 2.28. The van der Waals surface area contributed by atoms with E-state index in [2.05, 4.69) is 11.8 Å². The van der Waals surface area contributed by atoms with Crippen LogP contribution in [0, 0.1) is 17.7 Å². The topological polar surface area (TPSA) is 29.5 Å². The molecule has 74 valence electrons. The molecular formula is C11H11FO2. The summed E-state index contributed by atoms with van der Waals surface area (Å²) in [7, 11) is 0. The maximum absolute atomic E-state index is 12.5. The molecule has 1 aromatic carbocycles. The second-order valence-electron chi connectivity index (χ2n) is 2.63. The zero-order valence-electron chi connectivity index (χ0n) is 7.66. The molecule has 0 aliphatic rings. The Labute approximate surface area is 82.3 Å². The molecule has 14 heavy (non-hydrogen) atoms. The molecule has 0 saturated heterocycles. The van der Waals surface area contributed by atoms with Gasteiger partial charge in [0.15, 0.2) is 0 Å². The number of hydrogen-bond acceptors (Lipinski definition) is 2. The number of benzene rings is 1. The van der Waals surface area contributed by atoms with Gasteiger partial charge in [-0.25, -0.2) is 4.39 Å². The summed E-state index contributed by atoms with van der Waals surface area (Å²) in [4.78, 5) is 0. The maximum atomic E-state index is 12.5. The van der Waals surface area contributed by atoms with Crippen molar-refractivity contribution in [3.63, 3.8) is 0 Å². The van der Waals surface area contributed by atoms with Gasteiger partial charge in [0.25, 0.3) is 0 Å². The minimum absolute atomic E-state index is 0.153. The van der Waals surface area contributed by atoms with Gasteiger partial charge < -0.3 is 9.84 Å². The molecule has 0 amide bonds. The molecule has 0 heterocycles. The lowest BCUT2D eigenvalue weighted by molar-refractivity contribution is 0.153. The highest BCUT2D eigenvalue weighted by Crippen LogP contribution is 2.03. The lowest BCUT2D eigenvalue weighted by atomic mass is 10.2. The zero-order valence-corrected chi connectivity index (χ0v) is 7.66. The molecule has 0 saturated carbocycles. The fourth-order valence-electron chi connectivity index (χ4n) is 0.907. The number of halogens is 1. The van der Waals surface area contributed by atoms with Crippen molar-refractivity contribution in [3.8, 4) is 11.8 Å². The predicted molar refractivity (Wildman–Crippen MR) is 50.9 cm³/mol. The second kappa shape index (κ2) is 6.14. The Morgan fingerprint density at radius 2 is 1.93 bits per heavy atom. The van der Waals surface area contributed by atoms with E-state index in [4.69, 9.17) is 9.84 Å². The van der Waals surface area contributed by atoms with Crippen molar-refractivity contribution in [2.45, 2.75) is 6.61 Å². The first-order valence-electron chi connectivity index (χ1n) is 4.21. The Morgan fingerprint density at radius 1 is 1.21 bits per heavy atom. The van der Waals surface area contributed by atoms with E-state index >= 15 is 0 Å². The Morgan fingerprint density at radius 3 is 2.57 bits per heavy atom. The summed E-state index contributed by atoms with van der Waals surface area (Å²) in [5, 5.41) is 8.34. The first kappa shape index (κ1) is 10.7. The lowest BCUT2D eigenvalue weighted by Crippen LogP contribution is -1.93. The van der Waals surface area contributed by atoms with Gasteiger partial charge in [0, 0.05) is 0 Å². The Kier molecular flexibility index (Phi) is 4.70. The number of aliphatic hydroxyl groups excluding tert-OH is 1. The summed E-state index contributed by atoms with van der Waals surface area (Å²) >= 11 is 0. The molecule has 0 bridgehead atoms. The average molecular weight is 194 g/mol. The standard InChI is InChI=1S/C11H11FO2/c12-11-5-3-10(4-6-11)9-14-8-2-1-7-13/h3-6,13H,7-9H2. The normalized spacial score (nSPS) is 9.29. The predicted octanol–water partition coefficient (Wildman–Crippen LogP) is 1.34. The third-order valence-electron chi connectivity index (χ3n) is 1.56. The third kappa shape index (κ3) is 4.04. The molecule has 0 aliphatic heterocycles. The van der Waals surface area contributed by atoms with Gasteiger partial charge in [-0.2, -0.15) is 0 Å². The summed E-state index contributed by atoms with van der Waals surface area (Å²) in [5.41, 5.74) is 0.900. The van der Waals surface area contributed by atoms with Gasteiger partial charge in [-0.1, -0.05) is 24.0 Å². The van der Waals surface area contributed by atoms with E-state index in [1.807, 2.05) is 0 Å². The quantitative estimate of drug-likeness (QED) is 0.581. The largest absolute Gasteiger partial charge is 0.384 e. The van der Waals surface area contributed by atoms with E-state index in [9.17, 15) is 4.39 Å². The van der Waals surface area contributed by atoms with Crippen LogP contribution < -0.4 is 0 Å². The molecule has 0 radical (unpaired) electrons. The SMILES string of the molecule is OCC#CCOCc1ccc(F)cc1. The van der Waals surface area contributed by atoms with Crippen molar-refractivity contribution in [2.24, 2.45) is 0 Å². The van der Waals surface area contributed by atoms with Crippen LogP contribution in [0.3, 0.4) is 0 Å². The van der Waals surface area contributed by atoms with Gasteiger partial charge in [0.1, 0.15) is 19.0 Å². The van der Waals surface area contributed by atoms with Crippen LogP contribution >= 0.6 is 0 Å². The van der Waals surface area contributed by atoms with Crippen LogP contribution in [-0.4, -0.2) is 18.3 Å². The second-order valence-corrected chi connectivity index (χ2v) is 2.63. The minimum Gasteiger partial charge on any atom is -0.384 e.